The summed E-state index contributed by atoms with van der Waals surface area (Å²) >= 11 is 6.08. The molecule has 0 saturated heterocycles. The molecule has 0 unspecified atom stereocenters. The largest absolute Gasteiger partial charge is 0.383 e. The van der Waals surface area contributed by atoms with E-state index in [-0.39, 0.29) is 12.5 Å². The highest BCUT2D eigenvalue weighted by Crippen LogP contribution is 2.18. The van der Waals surface area contributed by atoms with Gasteiger partial charge in [0.15, 0.2) is 0 Å². The first-order chi connectivity index (χ1) is 9.10. The normalized spacial score (nSPS) is 9.68. The van der Waals surface area contributed by atoms with Gasteiger partial charge in [-0.1, -0.05) is 23.4 Å². The quantitative estimate of drug-likeness (QED) is 0.848. The Balaban J connectivity index is 2.85. The van der Waals surface area contributed by atoms with E-state index in [9.17, 15) is 4.79 Å². The van der Waals surface area contributed by atoms with E-state index in [4.69, 9.17) is 22.1 Å². The zero-order valence-corrected chi connectivity index (χ0v) is 11.8. The Hall–Kier alpha value is -1.54. The summed E-state index contributed by atoms with van der Waals surface area (Å²) in [4.78, 5) is 13.7. The van der Waals surface area contributed by atoms with Gasteiger partial charge in [-0.2, -0.15) is 0 Å². The maximum Gasteiger partial charge on any atom is 0.253 e. The molecule has 0 saturated carbocycles. The van der Waals surface area contributed by atoms with Crippen LogP contribution in [0.5, 0.6) is 0 Å². The average Bonchev–Trinajstić information content (AvgIpc) is 2.42. The number of halogens is 1. The number of benzene rings is 1. The van der Waals surface area contributed by atoms with Gasteiger partial charge < -0.3 is 15.4 Å². The van der Waals surface area contributed by atoms with E-state index in [0.717, 1.165) is 0 Å². The fraction of sp³-hybridized carbons (Fsp3) is 0.357. The highest BCUT2D eigenvalue weighted by atomic mass is 35.5. The third kappa shape index (κ3) is 4.56. The Morgan fingerprint density at radius 3 is 2.84 bits per heavy atom. The molecule has 1 amide bonds. The molecule has 19 heavy (non-hydrogen) atoms. The zero-order valence-electron chi connectivity index (χ0n) is 11.1. The molecule has 0 radical (unpaired) electrons. The molecular formula is C14H17ClN2O2. The van der Waals surface area contributed by atoms with Crippen LogP contribution in [0.15, 0.2) is 18.2 Å². The lowest BCUT2D eigenvalue weighted by molar-refractivity contribution is 0.0744. The number of amides is 1. The summed E-state index contributed by atoms with van der Waals surface area (Å²) in [6.07, 6.45) is 0. The van der Waals surface area contributed by atoms with Gasteiger partial charge in [-0.3, -0.25) is 4.79 Å². The summed E-state index contributed by atoms with van der Waals surface area (Å²) in [5.41, 5.74) is 6.50. The fourth-order valence-corrected chi connectivity index (χ4v) is 1.67. The maximum atomic E-state index is 12.1. The second kappa shape index (κ2) is 7.80. The SMILES string of the molecule is COCCN(C)C(=O)c1ccc(C#CCN)c(Cl)c1. The minimum Gasteiger partial charge on any atom is -0.383 e. The molecule has 102 valence electrons. The lowest BCUT2D eigenvalue weighted by Crippen LogP contribution is -2.29. The van der Waals surface area contributed by atoms with E-state index in [2.05, 4.69) is 11.8 Å². The molecule has 4 nitrogen and oxygen atoms in total. The molecule has 0 aromatic heterocycles. The second-order valence-corrected chi connectivity index (χ2v) is 4.33. The van der Waals surface area contributed by atoms with Crippen molar-refractivity contribution in [2.75, 3.05) is 33.9 Å². The lowest BCUT2D eigenvalue weighted by atomic mass is 10.1. The topological polar surface area (TPSA) is 55.6 Å². The summed E-state index contributed by atoms with van der Waals surface area (Å²) in [7, 11) is 3.32. The molecular weight excluding hydrogens is 264 g/mol. The van der Waals surface area contributed by atoms with Crippen LogP contribution in [0, 0.1) is 11.8 Å². The number of likely N-dealkylation sites (N-methyl/N-ethyl adjacent to an activating group) is 1. The Bertz CT molecular complexity index is 506. The summed E-state index contributed by atoms with van der Waals surface area (Å²) in [6, 6.07) is 5.05. The van der Waals surface area contributed by atoms with Crippen LogP contribution >= 0.6 is 11.6 Å². The monoisotopic (exact) mass is 280 g/mol. The molecule has 1 aromatic carbocycles. The van der Waals surface area contributed by atoms with Crippen molar-refractivity contribution in [1.82, 2.24) is 4.90 Å². The molecule has 0 spiro atoms. The average molecular weight is 281 g/mol. The first-order valence-corrected chi connectivity index (χ1v) is 6.20. The number of methoxy groups -OCH3 is 1. The molecule has 1 aromatic rings. The number of ether oxygens (including phenoxy) is 1. The maximum absolute atomic E-state index is 12.1. The van der Waals surface area contributed by atoms with Gasteiger partial charge in [0.1, 0.15) is 0 Å². The standard InChI is InChI=1S/C14H17ClN2O2/c1-17(8-9-19-2)14(18)12-6-5-11(4-3-7-16)13(15)10-12/h5-6,10H,7-9,16H2,1-2H3. The van der Waals surface area contributed by atoms with Crippen LogP contribution < -0.4 is 5.73 Å². The van der Waals surface area contributed by atoms with E-state index >= 15 is 0 Å². The molecule has 0 bridgehead atoms. The fourth-order valence-electron chi connectivity index (χ4n) is 1.45. The van der Waals surface area contributed by atoms with Gasteiger partial charge in [0.25, 0.3) is 5.91 Å². The Morgan fingerprint density at radius 1 is 1.53 bits per heavy atom. The molecule has 5 heteroatoms. The van der Waals surface area contributed by atoms with Gasteiger partial charge in [-0.05, 0) is 18.2 Å². The smallest absolute Gasteiger partial charge is 0.253 e. The molecule has 0 aliphatic heterocycles. The molecule has 1 rings (SSSR count). The van der Waals surface area contributed by atoms with Gasteiger partial charge in [0.2, 0.25) is 0 Å². The van der Waals surface area contributed by atoms with Gasteiger partial charge in [-0.15, -0.1) is 0 Å². The third-order valence-corrected chi connectivity index (χ3v) is 2.83. The molecule has 0 aliphatic rings. The number of hydrogen-bond donors (Lipinski definition) is 1. The van der Waals surface area contributed by atoms with E-state index in [1.165, 1.54) is 0 Å². The van der Waals surface area contributed by atoms with Crippen LogP contribution in [0.3, 0.4) is 0 Å². The lowest BCUT2D eigenvalue weighted by Gasteiger charge is -2.16. The molecule has 0 heterocycles. The van der Waals surface area contributed by atoms with E-state index in [1.54, 1.807) is 37.3 Å². The van der Waals surface area contributed by atoms with Crippen LogP contribution in [0.25, 0.3) is 0 Å². The third-order valence-electron chi connectivity index (χ3n) is 2.52. The predicted octanol–water partition coefficient (Wildman–Crippen LogP) is 1.37. The van der Waals surface area contributed by atoms with Crippen molar-refractivity contribution < 1.29 is 9.53 Å². The Morgan fingerprint density at radius 2 is 2.26 bits per heavy atom. The molecule has 2 N–H and O–H groups in total. The summed E-state index contributed by atoms with van der Waals surface area (Å²) < 4.78 is 4.94. The van der Waals surface area contributed by atoms with Crippen molar-refractivity contribution in [1.29, 1.82) is 0 Å². The number of carbonyl (C=O) groups is 1. The molecule has 0 atom stereocenters. The first-order valence-electron chi connectivity index (χ1n) is 5.83. The van der Waals surface area contributed by atoms with Crippen LogP contribution in [0.1, 0.15) is 15.9 Å². The van der Waals surface area contributed by atoms with Gasteiger partial charge in [0.05, 0.1) is 18.2 Å². The number of nitrogens with two attached hydrogens (primary N) is 1. The van der Waals surface area contributed by atoms with E-state index < -0.39 is 0 Å². The van der Waals surface area contributed by atoms with Crippen molar-refractivity contribution in [3.8, 4) is 11.8 Å². The number of hydrogen-bond acceptors (Lipinski definition) is 3. The van der Waals surface area contributed by atoms with Gasteiger partial charge in [0, 0.05) is 31.8 Å². The van der Waals surface area contributed by atoms with Crippen molar-refractivity contribution in [2.24, 2.45) is 5.73 Å². The first kappa shape index (κ1) is 15.5. The van der Waals surface area contributed by atoms with Crippen LogP contribution in [0.2, 0.25) is 5.02 Å². The van der Waals surface area contributed by atoms with Crippen LogP contribution in [-0.4, -0.2) is 44.7 Å². The van der Waals surface area contributed by atoms with Gasteiger partial charge >= 0.3 is 0 Å². The van der Waals surface area contributed by atoms with Crippen LogP contribution in [-0.2, 0) is 4.74 Å². The minimum atomic E-state index is -0.0997. The summed E-state index contributed by atoms with van der Waals surface area (Å²) in [5.74, 6) is 5.48. The number of rotatable bonds is 4. The minimum absolute atomic E-state index is 0.0997. The highest BCUT2D eigenvalue weighted by molar-refractivity contribution is 6.32. The zero-order chi connectivity index (χ0) is 14.3. The van der Waals surface area contributed by atoms with Crippen LogP contribution in [0.4, 0.5) is 0 Å². The van der Waals surface area contributed by atoms with Crippen molar-refractivity contribution >= 4 is 17.5 Å². The Labute approximate surface area is 118 Å². The number of nitrogens with zero attached hydrogens (tertiary/aromatic N) is 1. The summed E-state index contributed by atoms with van der Waals surface area (Å²) in [6.45, 7) is 1.30. The molecule has 0 aliphatic carbocycles. The number of carbonyl (C=O) groups excluding carboxylic acids is 1. The van der Waals surface area contributed by atoms with Crippen molar-refractivity contribution in [3.63, 3.8) is 0 Å². The molecule has 0 fully saturated rings. The van der Waals surface area contributed by atoms with E-state index in [1.807, 2.05) is 0 Å². The Kier molecular flexibility index (Phi) is 6.37. The van der Waals surface area contributed by atoms with Crippen molar-refractivity contribution in [2.45, 2.75) is 0 Å². The highest BCUT2D eigenvalue weighted by Gasteiger charge is 2.12. The van der Waals surface area contributed by atoms with Crippen molar-refractivity contribution in [3.05, 3.63) is 34.3 Å². The second-order valence-electron chi connectivity index (χ2n) is 3.92. The van der Waals surface area contributed by atoms with Gasteiger partial charge in [-0.25, -0.2) is 0 Å². The summed E-state index contributed by atoms with van der Waals surface area (Å²) in [5, 5.41) is 0.451. The van der Waals surface area contributed by atoms with E-state index in [0.29, 0.717) is 29.3 Å². The predicted molar refractivity (Wildman–Crippen MR) is 76.2 cm³/mol.